The molecule has 0 unspecified atom stereocenters. The molecule has 0 heterocycles. The van der Waals surface area contributed by atoms with E-state index in [9.17, 15) is 4.79 Å². The summed E-state index contributed by atoms with van der Waals surface area (Å²) in [5.74, 6) is -0.372. The fourth-order valence-electron chi connectivity index (χ4n) is 3.65. The molecule has 0 saturated carbocycles. The molecule has 2 aromatic rings. The summed E-state index contributed by atoms with van der Waals surface area (Å²) in [7, 11) is 0. The third-order valence-electron chi connectivity index (χ3n) is 4.83. The van der Waals surface area contributed by atoms with Gasteiger partial charge in [0.2, 0.25) is 0 Å². The second-order valence-corrected chi connectivity index (χ2v) is 7.77. The van der Waals surface area contributed by atoms with Crippen molar-refractivity contribution in [3.8, 4) is 11.1 Å². The molecule has 1 aliphatic carbocycles. The minimum atomic E-state index is -0.372. The van der Waals surface area contributed by atoms with Crippen LogP contribution in [-0.2, 0) is 14.9 Å². The van der Waals surface area contributed by atoms with E-state index in [1.54, 1.807) is 0 Å². The zero-order chi connectivity index (χ0) is 17.3. The molecule has 0 radical (unpaired) electrons. The van der Waals surface area contributed by atoms with Crippen LogP contribution in [0.25, 0.3) is 11.1 Å². The van der Waals surface area contributed by atoms with Crippen LogP contribution in [0, 0.1) is 0 Å². The molecule has 24 heavy (non-hydrogen) atoms. The van der Waals surface area contributed by atoms with Crippen LogP contribution in [0.2, 0.25) is 0 Å². The number of hydrogen-bond acceptors (Lipinski definition) is 2. The quantitative estimate of drug-likeness (QED) is 0.412. The first-order chi connectivity index (χ1) is 11.5. The summed E-state index contributed by atoms with van der Waals surface area (Å²) < 4.78 is 7.42. The molecule has 2 aromatic carbocycles. The van der Waals surface area contributed by atoms with Crippen LogP contribution in [0.4, 0.5) is 0 Å². The largest absolute Gasteiger partial charge is 0.462 e. The summed E-state index contributed by atoms with van der Waals surface area (Å²) in [5, 5.41) is 0. The first-order valence-corrected chi connectivity index (χ1v) is 9.50. The SMILES string of the molecule is C=CC(=O)OCCC1(CC)c2cc(Br)ccc2-c2ccc(Br)cc21. The number of benzene rings is 2. The Labute approximate surface area is 159 Å². The van der Waals surface area contributed by atoms with E-state index >= 15 is 0 Å². The normalized spacial score (nSPS) is 14.0. The molecule has 2 nitrogen and oxygen atoms in total. The average molecular weight is 450 g/mol. The first-order valence-electron chi connectivity index (χ1n) is 7.91. The van der Waals surface area contributed by atoms with Gasteiger partial charge in [0.25, 0.3) is 0 Å². The predicted octanol–water partition coefficient (Wildman–Crippen LogP) is 6.01. The van der Waals surface area contributed by atoms with E-state index in [-0.39, 0.29) is 11.4 Å². The summed E-state index contributed by atoms with van der Waals surface area (Å²) in [6.07, 6.45) is 2.89. The van der Waals surface area contributed by atoms with Crippen molar-refractivity contribution in [2.75, 3.05) is 6.61 Å². The summed E-state index contributed by atoms with van der Waals surface area (Å²) in [4.78, 5) is 11.4. The molecule has 1 aliphatic rings. The lowest BCUT2D eigenvalue weighted by atomic mass is 9.73. The minimum absolute atomic E-state index is 0.153. The van der Waals surface area contributed by atoms with Crippen molar-refractivity contribution in [1.82, 2.24) is 0 Å². The highest BCUT2D eigenvalue weighted by atomic mass is 79.9. The van der Waals surface area contributed by atoms with E-state index in [0.717, 1.165) is 21.8 Å². The molecule has 0 fully saturated rings. The Bertz CT molecular complexity index is 760. The lowest BCUT2D eigenvalue weighted by molar-refractivity contribution is -0.138. The maximum absolute atomic E-state index is 11.4. The fraction of sp³-hybridized carbons (Fsp3) is 0.250. The third-order valence-corrected chi connectivity index (χ3v) is 5.81. The van der Waals surface area contributed by atoms with Crippen LogP contribution in [0.15, 0.2) is 58.0 Å². The van der Waals surface area contributed by atoms with Gasteiger partial charge in [0.1, 0.15) is 0 Å². The van der Waals surface area contributed by atoms with Gasteiger partial charge in [0.15, 0.2) is 0 Å². The number of hydrogen-bond donors (Lipinski definition) is 0. The molecule has 124 valence electrons. The lowest BCUT2D eigenvalue weighted by Gasteiger charge is -2.31. The summed E-state index contributed by atoms with van der Waals surface area (Å²) in [5.41, 5.74) is 4.96. The number of fused-ring (bicyclic) bond motifs is 3. The number of rotatable bonds is 5. The maximum Gasteiger partial charge on any atom is 0.330 e. The predicted molar refractivity (Wildman–Crippen MR) is 104 cm³/mol. The van der Waals surface area contributed by atoms with Gasteiger partial charge >= 0.3 is 5.97 Å². The zero-order valence-electron chi connectivity index (χ0n) is 13.4. The number of carbonyl (C=O) groups is 1. The second-order valence-electron chi connectivity index (χ2n) is 5.94. The van der Waals surface area contributed by atoms with Gasteiger partial charge in [-0.15, -0.1) is 0 Å². The van der Waals surface area contributed by atoms with Gasteiger partial charge in [0.05, 0.1) is 6.61 Å². The Morgan fingerprint density at radius 3 is 2.12 bits per heavy atom. The monoisotopic (exact) mass is 448 g/mol. The van der Waals surface area contributed by atoms with E-state index in [1.807, 2.05) is 0 Å². The zero-order valence-corrected chi connectivity index (χ0v) is 16.6. The van der Waals surface area contributed by atoms with Crippen molar-refractivity contribution in [2.24, 2.45) is 0 Å². The number of carbonyl (C=O) groups excluding carboxylic acids is 1. The third kappa shape index (κ3) is 2.86. The molecule has 0 spiro atoms. The average Bonchev–Trinajstić information content (AvgIpc) is 2.84. The van der Waals surface area contributed by atoms with Crippen LogP contribution in [0.3, 0.4) is 0 Å². The van der Waals surface area contributed by atoms with E-state index in [4.69, 9.17) is 4.74 Å². The molecule has 0 aliphatic heterocycles. The lowest BCUT2D eigenvalue weighted by Crippen LogP contribution is -2.27. The Morgan fingerprint density at radius 1 is 1.12 bits per heavy atom. The molecule has 0 aromatic heterocycles. The van der Waals surface area contributed by atoms with Gasteiger partial charge in [-0.1, -0.05) is 57.5 Å². The van der Waals surface area contributed by atoms with Gasteiger partial charge in [-0.25, -0.2) is 4.79 Å². The maximum atomic E-state index is 11.4. The van der Waals surface area contributed by atoms with Crippen LogP contribution < -0.4 is 0 Å². The highest BCUT2D eigenvalue weighted by molar-refractivity contribution is 9.10. The van der Waals surface area contributed by atoms with Gasteiger partial charge in [0, 0.05) is 20.4 Å². The summed E-state index contributed by atoms with van der Waals surface area (Å²) in [6.45, 7) is 6.02. The first kappa shape index (κ1) is 17.4. The topological polar surface area (TPSA) is 26.3 Å². The second kappa shape index (κ2) is 6.85. The summed E-state index contributed by atoms with van der Waals surface area (Å²) >= 11 is 7.20. The van der Waals surface area contributed by atoms with Crippen LogP contribution >= 0.6 is 31.9 Å². The smallest absolute Gasteiger partial charge is 0.330 e. The van der Waals surface area contributed by atoms with Crippen molar-refractivity contribution in [2.45, 2.75) is 25.2 Å². The van der Waals surface area contributed by atoms with Crippen molar-refractivity contribution >= 4 is 37.8 Å². The van der Waals surface area contributed by atoms with Crippen LogP contribution in [0.1, 0.15) is 30.9 Å². The van der Waals surface area contributed by atoms with Crippen molar-refractivity contribution < 1.29 is 9.53 Å². The molecule has 0 N–H and O–H groups in total. The van der Waals surface area contributed by atoms with Crippen LogP contribution in [-0.4, -0.2) is 12.6 Å². The Hall–Kier alpha value is -1.39. The number of esters is 1. The minimum Gasteiger partial charge on any atom is -0.462 e. The van der Waals surface area contributed by atoms with Crippen molar-refractivity contribution in [3.63, 3.8) is 0 Å². The molecule has 4 heteroatoms. The number of ether oxygens (including phenoxy) is 1. The van der Waals surface area contributed by atoms with E-state index in [0.29, 0.717) is 6.61 Å². The van der Waals surface area contributed by atoms with Gasteiger partial charge in [-0.2, -0.15) is 0 Å². The van der Waals surface area contributed by atoms with Crippen molar-refractivity contribution in [1.29, 1.82) is 0 Å². The van der Waals surface area contributed by atoms with Gasteiger partial charge in [-0.05, 0) is 59.4 Å². The van der Waals surface area contributed by atoms with E-state index in [1.165, 1.54) is 28.3 Å². The van der Waals surface area contributed by atoms with Crippen molar-refractivity contribution in [3.05, 3.63) is 69.1 Å². The highest BCUT2D eigenvalue weighted by Crippen LogP contribution is 2.53. The van der Waals surface area contributed by atoms with Gasteiger partial charge < -0.3 is 4.74 Å². The molecule has 3 rings (SSSR count). The Balaban J connectivity index is 2.10. The fourth-order valence-corrected chi connectivity index (χ4v) is 4.37. The Morgan fingerprint density at radius 2 is 1.67 bits per heavy atom. The van der Waals surface area contributed by atoms with Gasteiger partial charge in [-0.3, -0.25) is 0 Å². The molecule has 0 bridgehead atoms. The van der Waals surface area contributed by atoms with E-state index in [2.05, 4.69) is 81.8 Å². The van der Waals surface area contributed by atoms with Crippen LogP contribution in [0.5, 0.6) is 0 Å². The molecular formula is C20H18Br2O2. The molecular weight excluding hydrogens is 432 g/mol. The summed E-state index contributed by atoms with van der Waals surface area (Å²) in [6, 6.07) is 12.9. The highest BCUT2D eigenvalue weighted by Gasteiger charge is 2.42. The Kier molecular flexibility index (Phi) is 4.97. The molecule has 0 saturated heterocycles. The molecule has 0 atom stereocenters. The standard InChI is InChI=1S/C20H18Br2O2/c1-3-19(23)24-10-9-20(4-2)17-11-13(21)5-7-15(17)16-8-6-14(22)12-18(16)20/h3,5-8,11-12H,1,4,9-10H2,2H3. The number of halogens is 2. The van der Waals surface area contributed by atoms with E-state index < -0.39 is 0 Å². The molecule has 0 amide bonds.